The molecular weight excluding hydrogens is 290 g/mol. The SMILES string of the molecule is O[C@@H](CN1CCC(OCc2ccccc2)CC1)Cn1cccn1. The number of piperidine rings is 1. The van der Waals surface area contributed by atoms with Crippen LogP contribution in [0.2, 0.25) is 0 Å². The average molecular weight is 315 g/mol. The summed E-state index contributed by atoms with van der Waals surface area (Å²) in [5.74, 6) is 0. The molecule has 2 heterocycles. The fourth-order valence-electron chi connectivity index (χ4n) is 3.03. The van der Waals surface area contributed by atoms with Crippen LogP contribution in [0.1, 0.15) is 18.4 Å². The molecule has 0 radical (unpaired) electrons. The minimum Gasteiger partial charge on any atom is -0.390 e. The number of aromatic nitrogens is 2. The Balaban J connectivity index is 1.35. The first-order valence-electron chi connectivity index (χ1n) is 8.33. The zero-order chi connectivity index (χ0) is 15.9. The van der Waals surface area contributed by atoms with Crippen LogP contribution >= 0.6 is 0 Å². The van der Waals surface area contributed by atoms with E-state index in [1.807, 2.05) is 30.5 Å². The van der Waals surface area contributed by atoms with Crippen LogP contribution in [0.5, 0.6) is 0 Å². The monoisotopic (exact) mass is 315 g/mol. The van der Waals surface area contributed by atoms with E-state index in [1.54, 1.807) is 10.9 Å². The maximum absolute atomic E-state index is 10.2. The van der Waals surface area contributed by atoms with Crippen LogP contribution in [0.25, 0.3) is 0 Å². The predicted molar refractivity (Wildman–Crippen MR) is 88.9 cm³/mol. The van der Waals surface area contributed by atoms with Gasteiger partial charge in [0.05, 0.1) is 25.4 Å². The second-order valence-electron chi connectivity index (χ2n) is 6.18. The molecular formula is C18H25N3O2. The van der Waals surface area contributed by atoms with E-state index >= 15 is 0 Å². The number of likely N-dealkylation sites (tertiary alicyclic amines) is 1. The molecule has 0 bridgehead atoms. The second kappa shape index (κ2) is 8.24. The molecule has 0 spiro atoms. The van der Waals surface area contributed by atoms with Gasteiger partial charge in [-0.15, -0.1) is 0 Å². The summed E-state index contributed by atoms with van der Waals surface area (Å²) < 4.78 is 7.78. The van der Waals surface area contributed by atoms with E-state index in [0.29, 0.717) is 25.8 Å². The van der Waals surface area contributed by atoms with Crippen molar-refractivity contribution >= 4 is 0 Å². The molecule has 1 aromatic heterocycles. The van der Waals surface area contributed by atoms with Crippen LogP contribution < -0.4 is 0 Å². The van der Waals surface area contributed by atoms with Gasteiger partial charge in [-0.3, -0.25) is 4.68 Å². The highest BCUT2D eigenvalue weighted by Crippen LogP contribution is 2.16. The predicted octanol–water partition coefficient (Wildman–Crippen LogP) is 1.93. The molecule has 0 saturated carbocycles. The Labute approximate surface area is 137 Å². The number of ether oxygens (including phenoxy) is 1. The quantitative estimate of drug-likeness (QED) is 0.848. The Morgan fingerprint density at radius 2 is 1.91 bits per heavy atom. The number of β-amino-alcohol motifs (C(OH)–C–C–N with tert-alkyl or cyclic N) is 1. The van der Waals surface area contributed by atoms with Gasteiger partial charge in [-0.2, -0.15) is 5.10 Å². The normalized spacial score (nSPS) is 18.1. The van der Waals surface area contributed by atoms with E-state index in [1.165, 1.54) is 5.56 Å². The lowest BCUT2D eigenvalue weighted by Crippen LogP contribution is -2.42. The van der Waals surface area contributed by atoms with E-state index in [2.05, 4.69) is 22.1 Å². The molecule has 1 fully saturated rings. The number of aliphatic hydroxyl groups is 1. The number of nitrogens with zero attached hydrogens (tertiary/aromatic N) is 3. The van der Waals surface area contributed by atoms with Crippen LogP contribution in [0.4, 0.5) is 0 Å². The molecule has 1 atom stereocenters. The Bertz CT molecular complexity index is 551. The summed E-state index contributed by atoms with van der Waals surface area (Å²) in [6, 6.07) is 12.2. The number of aliphatic hydroxyl groups excluding tert-OH is 1. The number of benzene rings is 1. The smallest absolute Gasteiger partial charge is 0.0862 e. The van der Waals surface area contributed by atoms with Crippen molar-refractivity contribution in [2.45, 2.75) is 38.2 Å². The van der Waals surface area contributed by atoms with Crippen molar-refractivity contribution in [2.75, 3.05) is 19.6 Å². The van der Waals surface area contributed by atoms with Crippen LogP contribution in [0, 0.1) is 0 Å². The van der Waals surface area contributed by atoms with E-state index in [9.17, 15) is 5.11 Å². The van der Waals surface area contributed by atoms with E-state index in [0.717, 1.165) is 25.9 Å². The van der Waals surface area contributed by atoms with E-state index in [4.69, 9.17) is 4.74 Å². The molecule has 2 aromatic rings. The van der Waals surface area contributed by atoms with Crippen molar-refractivity contribution < 1.29 is 9.84 Å². The molecule has 0 amide bonds. The maximum Gasteiger partial charge on any atom is 0.0862 e. The highest BCUT2D eigenvalue weighted by molar-refractivity contribution is 5.13. The van der Waals surface area contributed by atoms with Gasteiger partial charge in [-0.25, -0.2) is 0 Å². The van der Waals surface area contributed by atoms with Gasteiger partial charge in [0.25, 0.3) is 0 Å². The van der Waals surface area contributed by atoms with Gasteiger partial charge in [0.2, 0.25) is 0 Å². The van der Waals surface area contributed by atoms with Crippen molar-refractivity contribution in [3.05, 3.63) is 54.4 Å². The largest absolute Gasteiger partial charge is 0.390 e. The zero-order valence-corrected chi connectivity index (χ0v) is 13.4. The fourth-order valence-corrected chi connectivity index (χ4v) is 3.03. The molecule has 0 aliphatic carbocycles. The van der Waals surface area contributed by atoms with Gasteiger partial charge in [0.15, 0.2) is 0 Å². The van der Waals surface area contributed by atoms with Gasteiger partial charge < -0.3 is 14.7 Å². The zero-order valence-electron chi connectivity index (χ0n) is 13.4. The number of rotatable bonds is 7. The Kier molecular flexibility index (Phi) is 5.80. The first kappa shape index (κ1) is 16.2. The molecule has 0 unspecified atom stereocenters. The lowest BCUT2D eigenvalue weighted by molar-refractivity contribution is -0.0121. The summed E-state index contributed by atoms with van der Waals surface area (Å²) >= 11 is 0. The molecule has 1 saturated heterocycles. The summed E-state index contributed by atoms with van der Waals surface area (Å²) in [6.07, 6.45) is 5.63. The van der Waals surface area contributed by atoms with E-state index in [-0.39, 0.29) is 6.10 Å². The van der Waals surface area contributed by atoms with Crippen molar-refractivity contribution in [3.8, 4) is 0 Å². The van der Waals surface area contributed by atoms with Crippen molar-refractivity contribution in [1.82, 2.24) is 14.7 Å². The number of hydrogen-bond donors (Lipinski definition) is 1. The molecule has 23 heavy (non-hydrogen) atoms. The van der Waals surface area contributed by atoms with Crippen LogP contribution in [-0.2, 0) is 17.9 Å². The first-order valence-corrected chi connectivity index (χ1v) is 8.33. The van der Waals surface area contributed by atoms with Crippen LogP contribution in [0.3, 0.4) is 0 Å². The van der Waals surface area contributed by atoms with Crippen molar-refractivity contribution in [2.24, 2.45) is 0 Å². The van der Waals surface area contributed by atoms with Gasteiger partial charge in [-0.05, 0) is 24.5 Å². The van der Waals surface area contributed by atoms with Crippen LogP contribution in [-0.4, -0.2) is 51.6 Å². The lowest BCUT2D eigenvalue weighted by atomic mass is 10.1. The minimum atomic E-state index is -0.378. The third-order valence-electron chi connectivity index (χ3n) is 4.29. The summed E-state index contributed by atoms with van der Waals surface area (Å²) in [7, 11) is 0. The Hall–Kier alpha value is -1.69. The van der Waals surface area contributed by atoms with Crippen molar-refractivity contribution in [3.63, 3.8) is 0 Å². The third-order valence-corrected chi connectivity index (χ3v) is 4.29. The first-order chi connectivity index (χ1) is 11.3. The second-order valence-corrected chi connectivity index (χ2v) is 6.18. The molecule has 5 nitrogen and oxygen atoms in total. The molecule has 1 aliphatic rings. The molecule has 1 aromatic carbocycles. The molecule has 1 aliphatic heterocycles. The van der Waals surface area contributed by atoms with Gasteiger partial charge in [0.1, 0.15) is 0 Å². The Morgan fingerprint density at radius 1 is 1.13 bits per heavy atom. The number of hydrogen-bond acceptors (Lipinski definition) is 4. The molecule has 3 rings (SSSR count). The topological polar surface area (TPSA) is 50.5 Å². The average Bonchev–Trinajstić information content (AvgIpc) is 3.08. The fraction of sp³-hybridized carbons (Fsp3) is 0.500. The van der Waals surface area contributed by atoms with Gasteiger partial charge in [-0.1, -0.05) is 30.3 Å². The summed E-state index contributed by atoms with van der Waals surface area (Å²) in [5.41, 5.74) is 1.23. The summed E-state index contributed by atoms with van der Waals surface area (Å²) in [6.45, 7) is 3.90. The molecule has 1 N–H and O–H groups in total. The minimum absolute atomic E-state index is 0.328. The van der Waals surface area contributed by atoms with Gasteiger partial charge in [0, 0.05) is 32.0 Å². The molecule has 5 heteroatoms. The van der Waals surface area contributed by atoms with Crippen molar-refractivity contribution in [1.29, 1.82) is 0 Å². The van der Waals surface area contributed by atoms with Crippen LogP contribution in [0.15, 0.2) is 48.8 Å². The summed E-state index contributed by atoms with van der Waals surface area (Å²) in [4.78, 5) is 2.32. The lowest BCUT2D eigenvalue weighted by Gasteiger charge is -2.33. The third kappa shape index (κ3) is 5.16. The highest BCUT2D eigenvalue weighted by atomic mass is 16.5. The summed E-state index contributed by atoms with van der Waals surface area (Å²) in [5, 5.41) is 14.3. The molecule has 124 valence electrons. The highest BCUT2D eigenvalue weighted by Gasteiger charge is 2.21. The van der Waals surface area contributed by atoms with E-state index < -0.39 is 0 Å². The van der Waals surface area contributed by atoms with Gasteiger partial charge >= 0.3 is 0 Å². The Morgan fingerprint density at radius 3 is 2.61 bits per heavy atom. The maximum atomic E-state index is 10.2. The standard InChI is InChI=1S/C18H25N3O2/c22-17(14-21-10-4-9-19-21)13-20-11-7-18(8-12-20)23-15-16-5-2-1-3-6-16/h1-6,9-10,17-18,22H,7-8,11-15H2/t17-/m0/s1.